The number of carbonyl (C=O) groups is 1. The zero-order valence-corrected chi connectivity index (χ0v) is 16.0. The quantitative estimate of drug-likeness (QED) is 0.826. The van der Waals surface area contributed by atoms with Crippen LogP contribution in [0.2, 0.25) is 5.02 Å². The zero-order chi connectivity index (χ0) is 18.5. The number of nitrogens with one attached hydrogen (secondary N) is 1. The Bertz CT molecular complexity index is 793. The lowest BCUT2D eigenvalue weighted by molar-refractivity contribution is -0.111. The van der Waals surface area contributed by atoms with Gasteiger partial charge in [0, 0.05) is 48.7 Å². The highest BCUT2D eigenvalue weighted by Crippen LogP contribution is 2.20. The summed E-state index contributed by atoms with van der Waals surface area (Å²) < 4.78 is 0. The van der Waals surface area contributed by atoms with E-state index in [9.17, 15) is 4.79 Å². The van der Waals surface area contributed by atoms with E-state index in [1.54, 1.807) is 6.08 Å². The van der Waals surface area contributed by atoms with Gasteiger partial charge in [0.25, 0.3) is 0 Å². The van der Waals surface area contributed by atoms with Crippen LogP contribution in [-0.4, -0.2) is 44.0 Å². The molecular formula is C21H24ClN3O. The van der Waals surface area contributed by atoms with Crippen molar-refractivity contribution in [3.63, 3.8) is 0 Å². The highest BCUT2D eigenvalue weighted by Gasteiger charge is 2.13. The van der Waals surface area contributed by atoms with Crippen LogP contribution in [0.3, 0.4) is 0 Å². The molecule has 0 atom stereocenters. The fourth-order valence-corrected chi connectivity index (χ4v) is 3.08. The molecule has 0 radical (unpaired) electrons. The lowest BCUT2D eigenvalue weighted by atomic mass is 10.1. The topological polar surface area (TPSA) is 35.6 Å². The number of hydrogen-bond acceptors (Lipinski definition) is 3. The van der Waals surface area contributed by atoms with Gasteiger partial charge in [0.15, 0.2) is 0 Å². The molecule has 26 heavy (non-hydrogen) atoms. The van der Waals surface area contributed by atoms with Gasteiger partial charge >= 0.3 is 0 Å². The molecule has 1 heterocycles. The number of hydrogen-bond donors (Lipinski definition) is 1. The monoisotopic (exact) mass is 369 g/mol. The second-order valence-electron chi connectivity index (χ2n) is 6.67. The molecule has 2 aromatic carbocycles. The maximum Gasteiger partial charge on any atom is 0.248 e. The van der Waals surface area contributed by atoms with Crippen LogP contribution in [-0.2, 0) is 4.79 Å². The van der Waals surface area contributed by atoms with Crippen molar-refractivity contribution in [2.75, 3.05) is 43.4 Å². The largest absolute Gasteiger partial charge is 0.369 e. The Balaban J connectivity index is 1.57. The molecule has 4 nitrogen and oxygen atoms in total. The molecule has 0 unspecified atom stereocenters. The first-order valence-electron chi connectivity index (χ1n) is 8.80. The average Bonchev–Trinajstić information content (AvgIpc) is 2.64. The Hall–Kier alpha value is -2.30. The minimum Gasteiger partial charge on any atom is -0.369 e. The van der Waals surface area contributed by atoms with Crippen molar-refractivity contribution in [3.05, 3.63) is 64.7 Å². The normalized spacial score (nSPS) is 15.4. The molecule has 1 aliphatic heterocycles. The fraction of sp³-hybridized carbons (Fsp3) is 0.286. The van der Waals surface area contributed by atoms with Gasteiger partial charge in [0.1, 0.15) is 0 Å². The van der Waals surface area contributed by atoms with E-state index in [0.717, 1.165) is 43.0 Å². The van der Waals surface area contributed by atoms with E-state index in [4.69, 9.17) is 11.6 Å². The lowest BCUT2D eigenvalue weighted by Gasteiger charge is -2.34. The van der Waals surface area contributed by atoms with E-state index in [-0.39, 0.29) is 5.91 Å². The van der Waals surface area contributed by atoms with Crippen molar-refractivity contribution in [2.45, 2.75) is 6.92 Å². The highest BCUT2D eigenvalue weighted by atomic mass is 35.5. The second kappa shape index (κ2) is 8.39. The van der Waals surface area contributed by atoms with Crippen molar-refractivity contribution >= 4 is 35.0 Å². The smallest absolute Gasteiger partial charge is 0.248 e. The van der Waals surface area contributed by atoms with E-state index in [1.165, 1.54) is 11.8 Å². The molecule has 1 saturated heterocycles. The van der Waals surface area contributed by atoms with E-state index >= 15 is 0 Å². The summed E-state index contributed by atoms with van der Waals surface area (Å²) in [5.41, 5.74) is 3.91. The van der Waals surface area contributed by atoms with Gasteiger partial charge in [-0.3, -0.25) is 4.79 Å². The molecule has 2 aromatic rings. The van der Waals surface area contributed by atoms with Crippen LogP contribution in [0.1, 0.15) is 11.1 Å². The van der Waals surface area contributed by atoms with Crippen molar-refractivity contribution in [1.29, 1.82) is 0 Å². The number of anilines is 2. The average molecular weight is 370 g/mol. The van der Waals surface area contributed by atoms with E-state index < -0.39 is 0 Å². The Morgan fingerprint density at radius 2 is 1.77 bits per heavy atom. The summed E-state index contributed by atoms with van der Waals surface area (Å²) in [4.78, 5) is 16.8. The molecule has 0 saturated carbocycles. The zero-order valence-electron chi connectivity index (χ0n) is 15.2. The first-order valence-corrected chi connectivity index (χ1v) is 9.18. The molecule has 1 aliphatic rings. The number of benzene rings is 2. The molecule has 136 valence electrons. The van der Waals surface area contributed by atoms with Crippen molar-refractivity contribution in [2.24, 2.45) is 0 Å². The number of nitrogens with zero attached hydrogens (tertiary/aromatic N) is 2. The van der Waals surface area contributed by atoms with Gasteiger partial charge < -0.3 is 15.1 Å². The van der Waals surface area contributed by atoms with Crippen LogP contribution in [0.4, 0.5) is 11.4 Å². The molecule has 0 spiro atoms. The number of likely N-dealkylation sites (N-methyl/N-ethyl adjacent to an activating group) is 1. The summed E-state index contributed by atoms with van der Waals surface area (Å²) in [7, 11) is 2.15. The maximum atomic E-state index is 12.1. The van der Waals surface area contributed by atoms with Gasteiger partial charge in [0.05, 0.1) is 0 Å². The highest BCUT2D eigenvalue weighted by molar-refractivity contribution is 6.31. The first-order chi connectivity index (χ1) is 12.5. The molecule has 1 fully saturated rings. The molecule has 0 bridgehead atoms. The van der Waals surface area contributed by atoms with E-state index in [1.807, 2.05) is 37.3 Å². The summed E-state index contributed by atoms with van der Waals surface area (Å²) in [5.74, 6) is -0.158. The van der Waals surface area contributed by atoms with Gasteiger partial charge in [0.2, 0.25) is 5.91 Å². The lowest BCUT2D eigenvalue weighted by Crippen LogP contribution is -2.44. The summed E-state index contributed by atoms with van der Waals surface area (Å²) >= 11 is 6.10. The first kappa shape index (κ1) is 18.5. The van der Waals surface area contributed by atoms with E-state index in [0.29, 0.717) is 5.02 Å². The van der Waals surface area contributed by atoms with Crippen LogP contribution in [0.5, 0.6) is 0 Å². The summed E-state index contributed by atoms with van der Waals surface area (Å²) in [5, 5.41) is 3.59. The molecule has 3 rings (SSSR count). The van der Waals surface area contributed by atoms with Crippen LogP contribution < -0.4 is 10.2 Å². The second-order valence-corrected chi connectivity index (χ2v) is 7.08. The van der Waals surface area contributed by atoms with Crippen molar-refractivity contribution < 1.29 is 4.79 Å². The van der Waals surface area contributed by atoms with Crippen LogP contribution >= 0.6 is 11.6 Å². The number of piperazine rings is 1. The SMILES string of the molecule is Cc1ccc(/C=C/C(=O)Nc2ccc(N3CCN(C)CC3)cc2)cc1Cl. The predicted molar refractivity (Wildman–Crippen MR) is 110 cm³/mol. The fourth-order valence-electron chi connectivity index (χ4n) is 2.89. The molecule has 0 aliphatic carbocycles. The standard InChI is InChI=1S/C21H24ClN3O/c1-16-3-4-17(15-20(16)22)5-10-21(26)23-18-6-8-19(9-7-18)25-13-11-24(2)12-14-25/h3-10,15H,11-14H2,1-2H3,(H,23,26)/b10-5+. The van der Waals surface area contributed by atoms with Crippen LogP contribution in [0, 0.1) is 6.92 Å². The van der Waals surface area contributed by atoms with Crippen LogP contribution in [0.15, 0.2) is 48.5 Å². The summed E-state index contributed by atoms with van der Waals surface area (Å²) in [6, 6.07) is 13.7. The number of halogens is 1. The Morgan fingerprint density at radius 1 is 1.08 bits per heavy atom. The summed E-state index contributed by atoms with van der Waals surface area (Å²) in [6.45, 7) is 6.17. The number of carbonyl (C=O) groups excluding carboxylic acids is 1. The number of amides is 1. The minimum atomic E-state index is -0.158. The Labute approximate surface area is 160 Å². The molecule has 5 heteroatoms. The Morgan fingerprint density at radius 3 is 2.42 bits per heavy atom. The van der Waals surface area contributed by atoms with Gasteiger partial charge in [-0.25, -0.2) is 0 Å². The van der Waals surface area contributed by atoms with Gasteiger partial charge in [-0.2, -0.15) is 0 Å². The van der Waals surface area contributed by atoms with Crippen molar-refractivity contribution in [3.8, 4) is 0 Å². The van der Waals surface area contributed by atoms with Gasteiger partial charge in [-0.1, -0.05) is 23.7 Å². The number of aryl methyl sites for hydroxylation is 1. The molecular weight excluding hydrogens is 346 g/mol. The number of rotatable bonds is 4. The molecule has 0 aromatic heterocycles. The van der Waals surface area contributed by atoms with Gasteiger partial charge in [-0.15, -0.1) is 0 Å². The predicted octanol–water partition coefficient (Wildman–Crippen LogP) is 4.05. The third kappa shape index (κ3) is 4.87. The molecule has 1 amide bonds. The summed E-state index contributed by atoms with van der Waals surface area (Å²) in [6.07, 6.45) is 3.29. The van der Waals surface area contributed by atoms with Gasteiger partial charge in [-0.05, 0) is 61.5 Å². The third-order valence-corrected chi connectivity index (χ3v) is 5.03. The maximum absolute atomic E-state index is 12.1. The van der Waals surface area contributed by atoms with Crippen molar-refractivity contribution in [1.82, 2.24) is 4.90 Å². The Kier molecular flexibility index (Phi) is 5.96. The van der Waals surface area contributed by atoms with Crippen LogP contribution in [0.25, 0.3) is 6.08 Å². The minimum absolute atomic E-state index is 0.158. The van der Waals surface area contributed by atoms with E-state index in [2.05, 4.69) is 34.3 Å². The molecule has 1 N–H and O–H groups in total. The third-order valence-electron chi connectivity index (χ3n) is 4.63.